The summed E-state index contributed by atoms with van der Waals surface area (Å²) in [7, 11) is 0. The van der Waals surface area contributed by atoms with Crippen LogP contribution in [0.3, 0.4) is 0 Å². The van der Waals surface area contributed by atoms with Crippen LogP contribution in [-0.2, 0) is 0 Å². The minimum atomic E-state index is -1.61. The zero-order valence-corrected chi connectivity index (χ0v) is 18.1. The third kappa shape index (κ3) is 4.38. The quantitative estimate of drug-likeness (QED) is 0.518. The molecule has 0 saturated heterocycles. The van der Waals surface area contributed by atoms with Crippen molar-refractivity contribution in [3.05, 3.63) is 42.0 Å². The summed E-state index contributed by atoms with van der Waals surface area (Å²) in [6, 6.07) is 5.40. The topological polar surface area (TPSA) is 129 Å². The number of imidazole rings is 1. The minimum absolute atomic E-state index is 0.125. The standard InChI is InChI=1S/C22H24FN7O2/c1-21(2,32)17(23)11-27-20(31)14-10-25-18(7-15(14)29-22(3)4-5-22)30-12-28-16-6-13(8-24)9-26-19(16)30/h6-7,9-10,12,17,32H,4-5,11H2,1-3H3,(H,25,29)(H,27,31). The number of fused-ring (bicyclic) bond motifs is 1. The summed E-state index contributed by atoms with van der Waals surface area (Å²) in [5.74, 6) is 0.00263. The van der Waals surface area contributed by atoms with Gasteiger partial charge in [0, 0.05) is 24.0 Å². The number of rotatable bonds is 7. The smallest absolute Gasteiger partial charge is 0.255 e. The Kier molecular flexibility index (Phi) is 5.30. The normalized spacial score (nSPS) is 15.8. The Morgan fingerprint density at radius 3 is 2.75 bits per heavy atom. The number of aromatic nitrogens is 4. The Bertz CT molecular complexity index is 1220. The molecule has 9 nitrogen and oxygen atoms in total. The molecular weight excluding hydrogens is 413 g/mol. The molecule has 4 rings (SSSR count). The largest absolute Gasteiger partial charge is 0.387 e. The van der Waals surface area contributed by atoms with Gasteiger partial charge in [-0.05, 0) is 39.7 Å². The van der Waals surface area contributed by atoms with Gasteiger partial charge in [0.2, 0.25) is 0 Å². The van der Waals surface area contributed by atoms with Crippen LogP contribution in [0.4, 0.5) is 10.1 Å². The highest BCUT2D eigenvalue weighted by Crippen LogP contribution is 2.39. The lowest BCUT2D eigenvalue weighted by molar-refractivity contribution is -0.00177. The van der Waals surface area contributed by atoms with Crippen LogP contribution < -0.4 is 10.6 Å². The molecule has 1 aliphatic carbocycles. The first-order chi connectivity index (χ1) is 15.1. The number of carbonyl (C=O) groups is 1. The maximum atomic E-state index is 14.1. The summed E-state index contributed by atoms with van der Waals surface area (Å²) < 4.78 is 15.8. The molecule has 3 heterocycles. The van der Waals surface area contributed by atoms with E-state index < -0.39 is 17.7 Å². The van der Waals surface area contributed by atoms with Crippen LogP contribution in [0.5, 0.6) is 0 Å². The van der Waals surface area contributed by atoms with E-state index in [0.29, 0.717) is 28.2 Å². The van der Waals surface area contributed by atoms with Crippen LogP contribution in [0, 0.1) is 11.3 Å². The molecule has 1 fully saturated rings. The lowest BCUT2D eigenvalue weighted by atomic mass is 10.0. The molecule has 0 spiro atoms. The van der Waals surface area contributed by atoms with Crippen LogP contribution in [0.15, 0.2) is 30.9 Å². The van der Waals surface area contributed by atoms with Gasteiger partial charge >= 0.3 is 0 Å². The fourth-order valence-corrected chi connectivity index (χ4v) is 3.16. The molecule has 0 radical (unpaired) electrons. The van der Waals surface area contributed by atoms with Gasteiger partial charge in [-0.2, -0.15) is 5.26 Å². The molecule has 1 atom stereocenters. The molecule has 0 aliphatic heterocycles. The molecule has 166 valence electrons. The van der Waals surface area contributed by atoms with Crippen LogP contribution in [0.1, 0.15) is 49.5 Å². The number of halogens is 1. The number of carbonyl (C=O) groups excluding carboxylic acids is 1. The summed E-state index contributed by atoms with van der Waals surface area (Å²) >= 11 is 0. The van der Waals surface area contributed by atoms with Crippen molar-refractivity contribution in [2.45, 2.75) is 50.9 Å². The van der Waals surface area contributed by atoms with E-state index in [2.05, 4.69) is 32.5 Å². The fraction of sp³-hybridized carbons (Fsp3) is 0.409. The van der Waals surface area contributed by atoms with Crippen molar-refractivity contribution in [2.24, 2.45) is 0 Å². The highest BCUT2D eigenvalue weighted by molar-refractivity contribution is 5.99. The minimum Gasteiger partial charge on any atom is -0.387 e. The summed E-state index contributed by atoms with van der Waals surface area (Å²) in [4.78, 5) is 25.8. The number of pyridine rings is 2. The van der Waals surface area contributed by atoms with Crippen molar-refractivity contribution in [1.29, 1.82) is 5.26 Å². The van der Waals surface area contributed by atoms with Gasteiger partial charge in [-0.3, -0.25) is 9.36 Å². The number of anilines is 1. The van der Waals surface area contributed by atoms with Crippen LogP contribution in [0.25, 0.3) is 17.0 Å². The first-order valence-electron chi connectivity index (χ1n) is 10.3. The summed E-state index contributed by atoms with van der Waals surface area (Å²) in [5.41, 5.74) is 0.637. The van der Waals surface area contributed by atoms with Gasteiger partial charge in [0.25, 0.3) is 5.91 Å². The Morgan fingerprint density at radius 1 is 1.34 bits per heavy atom. The number of nitrogens with one attached hydrogen (secondary N) is 2. The molecule has 3 aromatic rings. The molecular formula is C22H24FN7O2. The van der Waals surface area contributed by atoms with Crippen LogP contribution >= 0.6 is 0 Å². The summed E-state index contributed by atoms with van der Waals surface area (Å²) in [6.07, 6.45) is 4.75. The van der Waals surface area contributed by atoms with E-state index in [1.807, 2.05) is 6.07 Å². The van der Waals surface area contributed by atoms with Crippen molar-refractivity contribution < 1.29 is 14.3 Å². The Balaban J connectivity index is 1.66. The molecule has 1 unspecified atom stereocenters. The predicted octanol–water partition coefficient (Wildman–Crippen LogP) is 2.49. The number of alkyl halides is 1. The van der Waals surface area contributed by atoms with Gasteiger partial charge in [-0.15, -0.1) is 0 Å². The maximum absolute atomic E-state index is 14.1. The van der Waals surface area contributed by atoms with Crippen molar-refractivity contribution in [2.75, 3.05) is 11.9 Å². The number of hydrogen-bond donors (Lipinski definition) is 3. The molecule has 10 heteroatoms. The first-order valence-corrected chi connectivity index (χ1v) is 10.3. The first kappa shape index (κ1) is 21.6. The second-order valence-corrected chi connectivity index (χ2v) is 8.90. The lowest BCUT2D eigenvalue weighted by Crippen LogP contribution is -2.42. The van der Waals surface area contributed by atoms with Gasteiger partial charge in [0.15, 0.2) is 5.65 Å². The molecule has 3 aromatic heterocycles. The number of amides is 1. The van der Waals surface area contributed by atoms with Crippen molar-refractivity contribution >= 4 is 22.8 Å². The highest BCUT2D eigenvalue weighted by Gasteiger charge is 2.38. The average Bonchev–Trinajstić information content (AvgIpc) is 3.32. The third-order valence-electron chi connectivity index (χ3n) is 5.54. The maximum Gasteiger partial charge on any atom is 0.255 e. The molecule has 0 bridgehead atoms. The third-order valence-corrected chi connectivity index (χ3v) is 5.54. The van der Waals surface area contributed by atoms with Crippen molar-refractivity contribution in [3.63, 3.8) is 0 Å². The predicted molar refractivity (Wildman–Crippen MR) is 116 cm³/mol. The van der Waals surface area contributed by atoms with Crippen molar-refractivity contribution in [3.8, 4) is 11.9 Å². The van der Waals surface area contributed by atoms with E-state index in [0.717, 1.165) is 12.8 Å². The molecule has 32 heavy (non-hydrogen) atoms. The van der Waals surface area contributed by atoms with Crippen LogP contribution in [-0.4, -0.2) is 54.4 Å². The highest BCUT2D eigenvalue weighted by atomic mass is 19.1. The molecule has 3 N–H and O–H groups in total. The molecule has 1 aliphatic rings. The Morgan fingerprint density at radius 2 is 2.09 bits per heavy atom. The van der Waals surface area contributed by atoms with Crippen molar-refractivity contribution in [1.82, 2.24) is 24.8 Å². The van der Waals surface area contributed by atoms with E-state index in [1.165, 1.54) is 26.2 Å². The molecule has 1 amide bonds. The average molecular weight is 437 g/mol. The van der Waals surface area contributed by atoms with E-state index in [1.54, 1.807) is 23.0 Å². The Labute approximate surface area is 184 Å². The number of aliphatic hydroxyl groups is 1. The summed E-state index contributed by atoms with van der Waals surface area (Å²) in [5, 5.41) is 24.7. The van der Waals surface area contributed by atoms with E-state index in [9.17, 15) is 14.3 Å². The van der Waals surface area contributed by atoms with E-state index in [-0.39, 0.29) is 17.6 Å². The number of nitrogens with zero attached hydrogens (tertiary/aromatic N) is 5. The van der Waals surface area contributed by atoms with Crippen LogP contribution in [0.2, 0.25) is 0 Å². The van der Waals surface area contributed by atoms with Gasteiger partial charge in [-0.25, -0.2) is 19.3 Å². The number of hydrogen-bond acceptors (Lipinski definition) is 7. The van der Waals surface area contributed by atoms with Gasteiger partial charge in [-0.1, -0.05) is 0 Å². The van der Waals surface area contributed by atoms with Gasteiger partial charge < -0.3 is 15.7 Å². The molecule has 1 saturated carbocycles. The van der Waals surface area contributed by atoms with E-state index >= 15 is 0 Å². The Hall–Kier alpha value is -3.58. The number of nitriles is 1. The SMILES string of the molecule is CC1(Nc2cc(-n3cnc4cc(C#N)cnc43)ncc2C(=O)NCC(F)C(C)(C)O)CC1. The fourth-order valence-electron chi connectivity index (χ4n) is 3.16. The van der Waals surface area contributed by atoms with Gasteiger partial charge in [0.05, 0.1) is 29.0 Å². The second-order valence-electron chi connectivity index (χ2n) is 8.90. The second kappa shape index (κ2) is 7.84. The molecule has 0 aromatic carbocycles. The lowest BCUT2D eigenvalue weighted by Gasteiger charge is -2.23. The summed E-state index contributed by atoms with van der Waals surface area (Å²) in [6.45, 7) is 4.44. The zero-order chi connectivity index (χ0) is 23.1. The monoisotopic (exact) mass is 437 g/mol. The van der Waals surface area contributed by atoms with Gasteiger partial charge in [0.1, 0.15) is 29.9 Å². The van der Waals surface area contributed by atoms with E-state index in [4.69, 9.17) is 5.26 Å². The zero-order valence-electron chi connectivity index (χ0n) is 18.1.